The summed E-state index contributed by atoms with van der Waals surface area (Å²) in [4.78, 5) is 37.9. The maximum Gasteiger partial charge on any atom is 0.306 e. The fourth-order valence-electron chi connectivity index (χ4n) is 8.48. The molecule has 1 atom stereocenters. The molecule has 418 valence electrons. The van der Waals surface area contributed by atoms with Crippen molar-refractivity contribution >= 4 is 17.9 Å². The van der Waals surface area contributed by atoms with E-state index in [9.17, 15) is 14.4 Å². The third-order valence-corrected chi connectivity index (χ3v) is 13.1. The number of hydrogen-bond donors (Lipinski definition) is 0. The van der Waals surface area contributed by atoms with E-state index in [1.807, 2.05) is 0 Å². The van der Waals surface area contributed by atoms with Crippen molar-refractivity contribution in [1.82, 2.24) is 0 Å². The molecule has 0 rings (SSSR count). The van der Waals surface area contributed by atoms with Gasteiger partial charge in [0.2, 0.25) is 0 Å². The van der Waals surface area contributed by atoms with Crippen molar-refractivity contribution in [3.8, 4) is 0 Å². The second-order valence-electron chi connectivity index (χ2n) is 20.2. The highest BCUT2D eigenvalue weighted by atomic mass is 16.6. The minimum absolute atomic E-state index is 0.0842. The highest BCUT2D eigenvalue weighted by molar-refractivity contribution is 5.71. The lowest BCUT2D eigenvalue weighted by atomic mass is 10.0. The molecule has 0 amide bonds. The lowest BCUT2D eigenvalue weighted by Gasteiger charge is -2.18. The summed E-state index contributed by atoms with van der Waals surface area (Å²) in [6.07, 6.45) is 81.7. The summed E-state index contributed by atoms with van der Waals surface area (Å²) in [5, 5.41) is 0. The second-order valence-corrected chi connectivity index (χ2v) is 20.2. The third-order valence-electron chi connectivity index (χ3n) is 13.1. The molecule has 6 heteroatoms. The molecule has 1 unspecified atom stereocenters. The molecule has 0 radical (unpaired) electrons. The van der Waals surface area contributed by atoms with Gasteiger partial charge in [-0.15, -0.1) is 0 Å². The zero-order chi connectivity index (χ0) is 52.9. The van der Waals surface area contributed by atoms with Crippen molar-refractivity contribution in [2.45, 2.75) is 297 Å². The number of carbonyl (C=O) groups excluding carboxylic acids is 3. The monoisotopic (exact) mass is 1010 g/mol. The molecule has 0 heterocycles. The zero-order valence-corrected chi connectivity index (χ0v) is 47.9. The Labute approximate surface area is 451 Å². The number of rotatable bonds is 55. The summed E-state index contributed by atoms with van der Waals surface area (Å²) in [6, 6.07) is 0. The first kappa shape index (κ1) is 69.3. The van der Waals surface area contributed by atoms with Crippen LogP contribution in [0.2, 0.25) is 0 Å². The van der Waals surface area contributed by atoms with Crippen molar-refractivity contribution in [3.05, 3.63) is 97.2 Å². The third kappa shape index (κ3) is 59.1. The van der Waals surface area contributed by atoms with Crippen LogP contribution in [0.4, 0.5) is 0 Å². The first-order chi connectivity index (χ1) is 36.0. The summed E-state index contributed by atoms with van der Waals surface area (Å²) in [5.41, 5.74) is 0. The maximum absolute atomic E-state index is 12.8. The molecule has 0 saturated carbocycles. The van der Waals surface area contributed by atoms with Crippen LogP contribution >= 0.6 is 0 Å². The smallest absolute Gasteiger partial charge is 0.306 e. The Morgan fingerprint density at radius 2 is 0.534 bits per heavy atom. The van der Waals surface area contributed by atoms with Crippen molar-refractivity contribution in [1.29, 1.82) is 0 Å². The Balaban J connectivity index is 4.13. The van der Waals surface area contributed by atoms with E-state index >= 15 is 0 Å². The van der Waals surface area contributed by atoms with E-state index in [0.717, 1.165) is 128 Å². The van der Waals surface area contributed by atoms with Gasteiger partial charge in [0.15, 0.2) is 6.10 Å². The van der Waals surface area contributed by atoms with Gasteiger partial charge in [-0.2, -0.15) is 0 Å². The van der Waals surface area contributed by atoms with Crippen LogP contribution in [-0.4, -0.2) is 37.2 Å². The number of unbranched alkanes of at least 4 members (excludes halogenated alkanes) is 28. The maximum atomic E-state index is 12.8. The molecular weight excluding hydrogens is 901 g/mol. The van der Waals surface area contributed by atoms with Gasteiger partial charge in [0.1, 0.15) is 13.2 Å². The van der Waals surface area contributed by atoms with E-state index in [4.69, 9.17) is 14.2 Å². The number of esters is 3. The topological polar surface area (TPSA) is 78.9 Å². The van der Waals surface area contributed by atoms with Crippen LogP contribution in [0.15, 0.2) is 97.2 Å². The summed E-state index contributed by atoms with van der Waals surface area (Å²) in [6.45, 7) is 6.44. The van der Waals surface area contributed by atoms with Crippen LogP contribution in [0.3, 0.4) is 0 Å². The molecule has 0 aliphatic carbocycles. The molecule has 0 aromatic rings. The first-order valence-corrected chi connectivity index (χ1v) is 30.7. The van der Waals surface area contributed by atoms with E-state index in [2.05, 4.69) is 118 Å². The highest BCUT2D eigenvalue weighted by Crippen LogP contribution is 2.16. The molecule has 0 fully saturated rings. The quantitative estimate of drug-likeness (QED) is 0.0261. The van der Waals surface area contributed by atoms with Crippen LogP contribution in [0.25, 0.3) is 0 Å². The van der Waals surface area contributed by atoms with E-state index < -0.39 is 6.10 Å². The summed E-state index contributed by atoms with van der Waals surface area (Å²) < 4.78 is 16.7. The molecule has 6 nitrogen and oxygen atoms in total. The summed E-state index contributed by atoms with van der Waals surface area (Å²) >= 11 is 0. The Hall–Kier alpha value is -3.67. The SMILES string of the molecule is CC/C=C\C/C=C\C/C=C\C/C=C\C/C=C\C/C=C\C/C=C\CCCCCCCC(=O)OCC(COC(=O)CCCCCCC)OC(=O)CCCCCCCCCCCCC/C=C\CCCCCCCCCC. The van der Waals surface area contributed by atoms with E-state index in [1.165, 1.54) is 122 Å². The Morgan fingerprint density at radius 1 is 0.288 bits per heavy atom. The van der Waals surface area contributed by atoms with Gasteiger partial charge in [-0.1, -0.05) is 266 Å². The Morgan fingerprint density at radius 3 is 0.849 bits per heavy atom. The van der Waals surface area contributed by atoms with Gasteiger partial charge in [-0.3, -0.25) is 14.4 Å². The van der Waals surface area contributed by atoms with Crippen LogP contribution in [-0.2, 0) is 28.6 Å². The summed E-state index contributed by atoms with van der Waals surface area (Å²) in [7, 11) is 0. The molecule has 0 aliphatic rings. The second kappa shape index (κ2) is 60.9. The highest BCUT2D eigenvalue weighted by Gasteiger charge is 2.19. The predicted octanol–water partition coefficient (Wildman–Crippen LogP) is 20.9. The molecule has 0 N–H and O–H groups in total. The first-order valence-electron chi connectivity index (χ1n) is 30.7. The van der Waals surface area contributed by atoms with Crippen LogP contribution < -0.4 is 0 Å². The predicted molar refractivity (Wildman–Crippen MR) is 316 cm³/mol. The largest absolute Gasteiger partial charge is 0.462 e. The Kier molecular flexibility index (Phi) is 57.8. The fourth-order valence-corrected chi connectivity index (χ4v) is 8.48. The number of ether oxygens (including phenoxy) is 3. The Bertz CT molecular complexity index is 1440. The van der Waals surface area contributed by atoms with Gasteiger partial charge in [-0.25, -0.2) is 0 Å². The fraction of sp³-hybridized carbons (Fsp3) is 0.716. The normalized spacial score (nSPS) is 12.8. The molecule has 0 bridgehead atoms. The van der Waals surface area contributed by atoms with Gasteiger partial charge < -0.3 is 14.2 Å². The van der Waals surface area contributed by atoms with E-state index in [1.54, 1.807) is 0 Å². The van der Waals surface area contributed by atoms with E-state index in [-0.39, 0.29) is 31.1 Å². The van der Waals surface area contributed by atoms with Crippen molar-refractivity contribution < 1.29 is 28.6 Å². The molecule has 0 spiro atoms. The lowest BCUT2D eigenvalue weighted by Crippen LogP contribution is -2.30. The van der Waals surface area contributed by atoms with Crippen molar-refractivity contribution in [2.24, 2.45) is 0 Å². The van der Waals surface area contributed by atoms with Gasteiger partial charge in [0, 0.05) is 19.3 Å². The molecule has 73 heavy (non-hydrogen) atoms. The van der Waals surface area contributed by atoms with Crippen LogP contribution in [0.5, 0.6) is 0 Å². The average Bonchev–Trinajstić information content (AvgIpc) is 3.39. The van der Waals surface area contributed by atoms with Crippen molar-refractivity contribution in [3.63, 3.8) is 0 Å². The number of carbonyl (C=O) groups is 3. The van der Waals surface area contributed by atoms with Gasteiger partial charge in [0.05, 0.1) is 0 Å². The number of hydrogen-bond acceptors (Lipinski definition) is 6. The average molecular weight is 1020 g/mol. The molecule has 0 aromatic heterocycles. The molecule has 0 aliphatic heterocycles. The number of allylic oxidation sites excluding steroid dienone is 16. The lowest BCUT2D eigenvalue weighted by molar-refractivity contribution is -0.167. The van der Waals surface area contributed by atoms with Gasteiger partial charge in [-0.05, 0) is 103 Å². The van der Waals surface area contributed by atoms with Crippen molar-refractivity contribution in [2.75, 3.05) is 13.2 Å². The zero-order valence-electron chi connectivity index (χ0n) is 47.9. The van der Waals surface area contributed by atoms with Gasteiger partial charge in [0.25, 0.3) is 0 Å². The minimum atomic E-state index is -0.783. The van der Waals surface area contributed by atoms with Crippen LogP contribution in [0.1, 0.15) is 290 Å². The molecule has 0 saturated heterocycles. The van der Waals surface area contributed by atoms with E-state index in [0.29, 0.717) is 19.3 Å². The van der Waals surface area contributed by atoms with Gasteiger partial charge >= 0.3 is 17.9 Å². The minimum Gasteiger partial charge on any atom is -0.462 e. The summed E-state index contributed by atoms with van der Waals surface area (Å²) in [5.74, 6) is -0.913. The molecular formula is C67H114O6. The standard InChI is InChI=1S/C67H114O6/c1-4-7-10-13-15-17-19-21-23-25-27-29-31-32-33-34-36-37-39-41-43-45-47-49-51-54-57-60-66(69)72-63-64(62-71-65(68)59-56-53-12-9-6-3)73-67(70)61-58-55-52-50-48-46-44-42-40-38-35-30-28-26-24-22-20-18-16-14-11-8-5-2/h7,10,15,17,21,23,26-29,32-33,36-37,41,43,64H,4-6,8-9,11-14,16,18-20,22,24-25,30-31,34-35,38-40,42,44-63H2,1-3H3/b10-7-,17-15-,23-21-,28-26-,29-27-,33-32-,37-36-,43-41-. The van der Waals surface area contributed by atoms with Crippen LogP contribution in [0, 0.1) is 0 Å². The molecule has 0 aromatic carbocycles.